The van der Waals surface area contributed by atoms with Crippen LogP contribution >= 0.6 is 0 Å². The Labute approximate surface area is 192 Å². The zero-order valence-electron chi connectivity index (χ0n) is 18.7. The Hall–Kier alpha value is -3.52. The summed E-state index contributed by atoms with van der Waals surface area (Å²) in [5, 5.41) is 9.82. The van der Waals surface area contributed by atoms with Gasteiger partial charge in [-0.2, -0.15) is 0 Å². The van der Waals surface area contributed by atoms with E-state index in [-0.39, 0.29) is 41.1 Å². The van der Waals surface area contributed by atoms with Crippen molar-refractivity contribution in [2.24, 2.45) is 0 Å². The van der Waals surface area contributed by atoms with Crippen LogP contribution in [0.3, 0.4) is 0 Å². The highest BCUT2D eigenvalue weighted by molar-refractivity contribution is 6.00. The summed E-state index contributed by atoms with van der Waals surface area (Å²) in [7, 11) is 0. The number of aromatic hydroxyl groups is 1. The van der Waals surface area contributed by atoms with E-state index >= 15 is 0 Å². The lowest BCUT2D eigenvalue weighted by molar-refractivity contribution is 0.0690. The molecule has 172 valence electrons. The number of benzene rings is 2. The van der Waals surface area contributed by atoms with Crippen LogP contribution in [0.2, 0.25) is 0 Å². The number of ether oxygens (including phenoxy) is 1. The lowest BCUT2D eigenvalue weighted by Gasteiger charge is -2.29. The SMILES string of the molecule is CC(C)N(Cc1cccc(O)c1)C(=O)c1cnc(N2CCOCC2)nc1-c1ccccc1F. The molecule has 2 aromatic carbocycles. The number of rotatable bonds is 6. The molecule has 0 radical (unpaired) electrons. The Morgan fingerprint density at radius 1 is 1.18 bits per heavy atom. The summed E-state index contributed by atoms with van der Waals surface area (Å²) in [6, 6.07) is 12.9. The number of anilines is 1. The van der Waals surface area contributed by atoms with Crippen LogP contribution in [-0.4, -0.2) is 58.2 Å². The maximum atomic E-state index is 14.8. The quantitative estimate of drug-likeness (QED) is 0.614. The van der Waals surface area contributed by atoms with E-state index in [0.717, 1.165) is 5.56 Å². The Balaban J connectivity index is 1.75. The van der Waals surface area contributed by atoms with Gasteiger partial charge in [-0.1, -0.05) is 24.3 Å². The van der Waals surface area contributed by atoms with Crippen molar-refractivity contribution in [3.8, 4) is 17.0 Å². The van der Waals surface area contributed by atoms with Gasteiger partial charge in [-0.3, -0.25) is 4.79 Å². The second-order valence-corrected chi connectivity index (χ2v) is 8.21. The van der Waals surface area contributed by atoms with Crippen molar-refractivity contribution in [3.63, 3.8) is 0 Å². The summed E-state index contributed by atoms with van der Waals surface area (Å²) in [6.45, 7) is 6.47. The van der Waals surface area contributed by atoms with Crippen molar-refractivity contribution in [1.82, 2.24) is 14.9 Å². The number of phenolic OH excluding ortho intramolecular Hbond substituents is 1. The first-order valence-corrected chi connectivity index (χ1v) is 11.0. The smallest absolute Gasteiger partial charge is 0.258 e. The van der Waals surface area contributed by atoms with Crippen molar-refractivity contribution < 1.29 is 19.0 Å². The van der Waals surface area contributed by atoms with Gasteiger partial charge in [-0.05, 0) is 43.7 Å². The average Bonchev–Trinajstić information content (AvgIpc) is 2.82. The molecule has 8 heteroatoms. The van der Waals surface area contributed by atoms with Crippen molar-refractivity contribution >= 4 is 11.9 Å². The van der Waals surface area contributed by atoms with E-state index < -0.39 is 5.82 Å². The van der Waals surface area contributed by atoms with Crippen molar-refractivity contribution in [2.75, 3.05) is 31.2 Å². The second-order valence-electron chi connectivity index (χ2n) is 8.21. The number of amides is 1. The van der Waals surface area contributed by atoms with Crippen LogP contribution in [0, 0.1) is 5.82 Å². The van der Waals surface area contributed by atoms with Gasteiger partial charge < -0.3 is 19.6 Å². The van der Waals surface area contributed by atoms with Crippen molar-refractivity contribution in [1.29, 1.82) is 0 Å². The van der Waals surface area contributed by atoms with Gasteiger partial charge in [0.25, 0.3) is 5.91 Å². The Bertz CT molecular complexity index is 1130. The predicted molar refractivity (Wildman–Crippen MR) is 124 cm³/mol. The number of aromatic nitrogens is 2. The number of carbonyl (C=O) groups is 1. The highest BCUT2D eigenvalue weighted by Crippen LogP contribution is 2.28. The van der Waals surface area contributed by atoms with Crippen LogP contribution in [0.4, 0.5) is 10.3 Å². The van der Waals surface area contributed by atoms with E-state index in [9.17, 15) is 14.3 Å². The van der Waals surface area contributed by atoms with Gasteiger partial charge in [-0.25, -0.2) is 14.4 Å². The number of hydrogen-bond acceptors (Lipinski definition) is 6. The molecular weight excluding hydrogens is 423 g/mol. The average molecular weight is 451 g/mol. The lowest BCUT2D eigenvalue weighted by Crippen LogP contribution is -2.38. The van der Waals surface area contributed by atoms with Gasteiger partial charge in [0, 0.05) is 37.4 Å². The number of halogens is 1. The lowest BCUT2D eigenvalue weighted by atomic mass is 10.0. The molecule has 0 aliphatic carbocycles. The number of nitrogens with zero attached hydrogens (tertiary/aromatic N) is 4. The fraction of sp³-hybridized carbons (Fsp3) is 0.320. The van der Waals surface area contributed by atoms with Crippen LogP contribution in [-0.2, 0) is 11.3 Å². The third kappa shape index (κ3) is 5.12. The van der Waals surface area contributed by atoms with Crippen molar-refractivity contribution in [2.45, 2.75) is 26.4 Å². The van der Waals surface area contributed by atoms with E-state index in [2.05, 4.69) is 9.97 Å². The molecule has 3 aromatic rings. The Morgan fingerprint density at radius 3 is 2.64 bits per heavy atom. The van der Waals surface area contributed by atoms with Gasteiger partial charge in [0.1, 0.15) is 11.6 Å². The van der Waals surface area contributed by atoms with Crippen LogP contribution in [0.15, 0.2) is 54.7 Å². The van der Waals surface area contributed by atoms with E-state index in [1.165, 1.54) is 12.3 Å². The molecule has 1 aromatic heterocycles. The van der Waals surface area contributed by atoms with E-state index in [4.69, 9.17) is 4.74 Å². The molecule has 0 bridgehead atoms. The molecule has 1 N–H and O–H groups in total. The molecule has 1 amide bonds. The minimum atomic E-state index is -0.456. The molecule has 2 heterocycles. The predicted octanol–water partition coefficient (Wildman–Crippen LogP) is 3.88. The summed E-state index contributed by atoms with van der Waals surface area (Å²) < 4.78 is 20.2. The molecule has 7 nitrogen and oxygen atoms in total. The molecule has 0 unspecified atom stereocenters. The molecule has 0 spiro atoms. The minimum Gasteiger partial charge on any atom is -0.508 e. The highest BCUT2D eigenvalue weighted by atomic mass is 19.1. The topological polar surface area (TPSA) is 78.8 Å². The molecule has 1 aliphatic rings. The third-order valence-electron chi connectivity index (χ3n) is 5.58. The molecule has 1 fully saturated rings. The van der Waals surface area contributed by atoms with Gasteiger partial charge >= 0.3 is 0 Å². The maximum absolute atomic E-state index is 14.8. The van der Waals surface area contributed by atoms with E-state index in [1.807, 2.05) is 24.8 Å². The first kappa shape index (κ1) is 22.7. The molecule has 1 aliphatic heterocycles. The van der Waals surface area contributed by atoms with Crippen molar-refractivity contribution in [3.05, 3.63) is 71.7 Å². The van der Waals surface area contributed by atoms with E-state index in [1.54, 1.807) is 41.3 Å². The summed E-state index contributed by atoms with van der Waals surface area (Å²) in [5.74, 6) is -0.187. The molecule has 33 heavy (non-hydrogen) atoms. The molecule has 0 atom stereocenters. The highest BCUT2D eigenvalue weighted by Gasteiger charge is 2.26. The van der Waals surface area contributed by atoms with Crippen LogP contribution in [0.5, 0.6) is 5.75 Å². The number of hydrogen-bond donors (Lipinski definition) is 1. The van der Waals surface area contributed by atoms with Crippen LogP contribution < -0.4 is 4.90 Å². The Kier molecular flexibility index (Phi) is 6.84. The van der Waals surface area contributed by atoms with Gasteiger partial charge in [0.2, 0.25) is 5.95 Å². The van der Waals surface area contributed by atoms with E-state index in [0.29, 0.717) is 32.3 Å². The zero-order valence-corrected chi connectivity index (χ0v) is 18.7. The fourth-order valence-electron chi connectivity index (χ4n) is 3.80. The second kappa shape index (κ2) is 9.95. The normalized spacial score (nSPS) is 13.9. The summed E-state index contributed by atoms with van der Waals surface area (Å²) in [4.78, 5) is 26.4. The summed E-state index contributed by atoms with van der Waals surface area (Å²) >= 11 is 0. The maximum Gasteiger partial charge on any atom is 0.258 e. The van der Waals surface area contributed by atoms with Crippen LogP contribution in [0.1, 0.15) is 29.8 Å². The van der Waals surface area contributed by atoms with Gasteiger partial charge in [-0.15, -0.1) is 0 Å². The van der Waals surface area contributed by atoms with Crippen LogP contribution in [0.25, 0.3) is 11.3 Å². The number of carbonyl (C=O) groups excluding carboxylic acids is 1. The number of phenols is 1. The first-order valence-electron chi connectivity index (χ1n) is 11.0. The molecular formula is C25H27FN4O3. The summed E-state index contributed by atoms with van der Waals surface area (Å²) in [5.41, 5.74) is 1.52. The van der Waals surface area contributed by atoms with Gasteiger partial charge in [0.05, 0.1) is 24.5 Å². The van der Waals surface area contributed by atoms with Gasteiger partial charge in [0.15, 0.2) is 0 Å². The Morgan fingerprint density at radius 2 is 1.94 bits per heavy atom. The zero-order chi connectivity index (χ0) is 23.4. The monoisotopic (exact) mass is 450 g/mol. The first-order chi connectivity index (χ1) is 15.9. The molecule has 4 rings (SSSR count). The summed E-state index contributed by atoms with van der Waals surface area (Å²) in [6.07, 6.45) is 1.49. The fourth-order valence-corrected chi connectivity index (χ4v) is 3.80. The molecule has 1 saturated heterocycles. The molecule has 0 saturated carbocycles. The minimum absolute atomic E-state index is 0.133. The number of morpholine rings is 1. The largest absolute Gasteiger partial charge is 0.508 e. The third-order valence-corrected chi connectivity index (χ3v) is 5.58. The standard InChI is InChI=1S/C25H27FN4O3/c1-17(2)30(16-18-6-5-7-19(31)14-18)24(32)21-15-27-25(29-10-12-33-13-11-29)28-23(21)20-8-3-4-9-22(20)26/h3-9,14-15,17,31H,10-13,16H2,1-2H3.